The van der Waals surface area contributed by atoms with E-state index in [4.69, 9.17) is 0 Å². The molecule has 0 aliphatic rings. The molecule has 1 atom stereocenters. The summed E-state index contributed by atoms with van der Waals surface area (Å²) in [5, 5.41) is 7.41. The number of aromatic nitrogens is 2. The van der Waals surface area contributed by atoms with Crippen LogP contribution in [0.2, 0.25) is 0 Å². The molecular weight excluding hydrogens is 288 g/mol. The van der Waals surface area contributed by atoms with Crippen molar-refractivity contribution in [2.75, 3.05) is 13.6 Å². The highest BCUT2D eigenvalue weighted by Crippen LogP contribution is 2.19. The van der Waals surface area contributed by atoms with Gasteiger partial charge in [-0.15, -0.1) is 0 Å². The van der Waals surface area contributed by atoms with Crippen LogP contribution in [0.25, 0.3) is 0 Å². The first-order valence-electron chi connectivity index (χ1n) is 7.40. The Bertz CT molecular complexity index is 537. The van der Waals surface area contributed by atoms with E-state index < -0.39 is 10.0 Å². The van der Waals surface area contributed by atoms with Crippen molar-refractivity contribution in [3.63, 3.8) is 0 Å². The van der Waals surface area contributed by atoms with Crippen molar-refractivity contribution in [2.45, 2.75) is 58.1 Å². The zero-order chi connectivity index (χ0) is 16.2. The Morgan fingerprint density at radius 2 is 1.90 bits per heavy atom. The van der Waals surface area contributed by atoms with Crippen molar-refractivity contribution in [2.24, 2.45) is 5.92 Å². The minimum atomic E-state index is -3.47. The minimum Gasteiger partial charge on any atom is -0.313 e. The third kappa shape index (κ3) is 4.79. The lowest BCUT2D eigenvalue weighted by molar-refractivity contribution is 0.315. The van der Waals surface area contributed by atoms with Gasteiger partial charge in [-0.05, 0) is 12.8 Å². The van der Waals surface area contributed by atoms with E-state index in [0.717, 1.165) is 6.54 Å². The number of sulfonamides is 1. The molecule has 0 saturated heterocycles. The summed E-state index contributed by atoms with van der Waals surface area (Å²) in [6.07, 6.45) is 3.02. The highest BCUT2D eigenvalue weighted by molar-refractivity contribution is 7.89. The van der Waals surface area contributed by atoms with Gasteiger partial charge < -0.3 is 5.32 Å². The summed E-state index contributed by atoms with van der Waals surface area (Å²) in [6, 6.07) is 0.350. The molecule has 7 heteroatoms. The Hall–Kier alpha value is -0.920. The Morgan fingerprint density at radius 1 is 1.29 bits per heavy atom. The average Bonchev–Trinajstić information content (AvgIpc) is 2.85. The fraction of sp³-hybridized carbons (Fsp3) is 0.786. The van der Waals surface area contributed by atoms with Crippen molar-refractivity contribution in [3.05, 3.63) is 12.4 Å². The van der Waals surface area contributed by atoms with E-state index in [2.05, 4.69) is 24.3 Å². The summed E-state index contributed by atoms with van der Waals surface area (Å²) in [5.74, 6) is 0.259. The van der Waals surface area contributed by atoms with Gasteiger partial charge >= 0.3 is 0 Å². The highest BCUT2D eigenvalue weighted by atomic mass is 32.2. The summed E-state index contributed by atoms with van der Waals surface area (Å²) in [7, 11) is -1.85. The van der Waals surface area contributed by atoms with E-state index >= 15 is 0 Å². The summed E-state index contributed by atoms with van der Waals surface area (Å²) in [6.45, 7) is 11.5. The van der Waals surface area contributed by atoms with E-state index in [9.17, 15) is 8.42 Å². The lowest BCUT2D eigenvalue weighted by Crippen LogP contribution is -2.38. The lowest BCUT2D eigenvalue weighted by atomic mass is 10.1. The van der Waals surface area contributed by atoms with Gasteiger partial charge in [-0.2, -0.15) is 9.40 Å². The summed E-state index contributed by atoms with van der Waals surface area (Å²) in [4.78, 5) is 0.252. The first-order chi connectivity index (χ1) is 9.66. The molecule has 6 nitrogen and oxygen atoms in total. The Labute approximate surface area is 128 Å². The molecule has 0 fully saturated rings. The van der Waals surface area contributed by atoms with Gasteiger partial charge in [-0.3, -0.25) is 4.68 Å². The second kappa shape index (κ2) is 7.38. The smallest absolute Gasteiger partial charge is 0.246 e. The maximum absolute atomic E-state index is 12.5. The molecule has 1 rings (SSSR count). The molecule has 0 spiro atoms. The number of hydrogen-bond donors (Lipinski definition) is 1. The molecule has 0 aromatic carbocycles. The van der Waals surface area contributed by atoms with E-state index in [1.54, 1.807) is 17.9 Å². The van der Waals surface area contributed by atoms with Gasteiger partial charge in [-0.1, -0.05) is 27.7 Å². The van der Waals surface area contributed by atoms with Crippen LogP contribution >= 0.6 is 0 Å². The standard InChI is InChI=1S/C14H28N4O2S/c1-11(2)13(5)17(6)21(19,20)14-9-16-18(10-14)8-7-15-12(3)4/h9-13,15H,7-8H2,1-6H3. The average molecular weight is 316 g/mol. The first-order valence-corrected chi connectivity index (χ1v) is 8.84. The Balaban J connectivity index is 2.79. The van der Waals surface area contributed by atoms with E-state index in [0.29, 0.717) is 12.6 Å². The van der Waals surface area contributed by atoms with Crippen molar-refractivity contribution in [1.29, 1.82) is 0 Å². The predicted octanol–water partition coefficient (Wildman–Crippen LogP) is 1.55. The molecular formula is C14H28N4O2S. The van der Waals surface area contributed by atoms with Crippen LogP contribution in [0.15, 0.2) is 17.3 Å². The molecule has 0 bridgehead atoms. The quantitative estimate of drug-likeness (QED) is 0.790. The predicted molar refractivity (Wildman–Crippen MR) is 84.6 cm³/mol. The molecule has 1 aromatic rings. The van der Waals surface area contributed by atoms with Gasteiger partial charge in [0.15, 0.2) is 0 Å². The Kier molecular flexibility index (Phi) is 6.37. The van der Waals surface area contributed by atoms with Gasteiger partial charge in [0.1, 0.15) is 4.90 Å². The van der Waals surface area contributed by atoms with Gasteiger partial charge in [-0.25, -0.2) is 8.42 Å². The fourth-order valence-corrected chi connectivity index (χ4v) is 3.32. The van der Waals surface area contributed by atoms with Crippen LogP contribution in [0.5, 0.6) is 0 Å². The molecule has 0 amide bonds. The summed E-state index contributed by atoms with van der Waals surface area (Å²) < 4.78 is 28.1. The lowest BCUT2D eigenvalue weighted by Gasteiger charge is -2.26. The molecule has 1 aromatic heterocycles. The summed E-state index contributed by atoms with van der Waals surface area (Å²) in [5.41, 5.74) is 0. The van der Waals surface area contributed by atoms with Crippen LogP contribution in [-0.4, -0.2) is 48.2 Å². The van der Waals surface area contributed by atoms with Crippen LogP contribution in [0.1, 0.15) is 34.6 Å². The zero-order valence-electron chi connectivity index (χ0n) is 13.9. The molecule has 0 aliphatic heterocycles. The third-order valence-corrected chi connectivity index (χ3v) is 5.62. The van der Waals surface area contributed by atoms with E-state index in [1.807, 2.05) is 20.8 Å². The number of nitrogens with one attached hydrogen (secondary N) is 1. The first kappa shape index (κ1) is 18.1. The van der Waals surface area contributed by atoms with Gasteiger partial charge in [0.25, 0.3) is 0 Å². The Morgan fingerprint density at radius 3 is 2.43 bits per heavy atom. The van der Waals surface area contributed by atoms with Crippen molar-refractivity contribution < 1.29 is 8.42 Å². The van der Waals surface area contributed by atoms with Gasteiger partial charge in [0, 0.05) is 31.9 Å². The number of nitrogens with zero attached hydrogens (tertiary/aromatic N) is 3. The molecule has 0 saturated carbocycles. The molecule has 21 heavy (non-hydrogen) atoms. The summed E-state index contributed by atoms with van der Waals surface area (Å²) >= 11 is 0. The molecule has 1 unspecified atom stereocenters. The topological polar surface area (TPSA) is 67.2 Å². The normalized spacial score (nSPS) is 14.3. The SMILES string of the molecule is CC(C)NCCn1cc(S(=O)(=O)N(C)C(C)C(C)C)cn1. The van der Waals surface area contributed by atoms with E-state index in [1.165, 1.54) is 10.5 Å². The fourth-order valence-electron chi connectivity index (χ4n) is 1.87. The van der Waals surface area contributed by atoms with Crippen molar-refractivity contribution in [1.82, 2.24) is 19.4 Å². The van der Waals surface area contributed by atoms with Crippen LogP contribution in [0, 0.1) is 5.92 Å². The van der Waals surface area contributed by atoms with Crippen LogP contribution in [-0.2, 0) is 16.6 Å². The second-order valence-electron chi connectivity index (χ2n) is 6.05. The van der Waals surface area contributed by atoms with Gasteiger partial charge in [0.2, 0.25) is 10.0 Å². The maximum Gasteiger partial charge on any atom is 0.246 e. The monoisotopic (exact) mass is 316 g/mol. The second-order valence-corrected chi connectivity index (χ2v) is 8.05. The molecule has 1 N–H and O–H groups in total. The zero-order valence-corrected chi connectivity index (χ0v) is 14.7. The minimum absolute atomic E-state index is 0.0547. The molecule has 0 radical (unpaired) electrons. The maximum atomic E-state index is 12.5. The van der Waals surface area contributed by atoms with Crippen molar-refractivity contribution >= 4 is 10.0 Å². The number of hydrogen-bond acceptors (Lipinski definition) is 4. The van der Waals surface area contributed by atoms with Crippen LogP contribution in [0.3, 0.4) is 0 Å². The highest BCUT2D eigenvalue weighted by Gasteiger charge is 2.28. The van der Waals surface area contributed by atoms with E-state index in [-0.39, 0.29) is 16.9 Å². The molecule has 122 valence electrons. The van der Waals surface area contributed by atoms with Crippen LogP contribution < -0.4 is 5.32 Å². The van der Waals surface area contributed by atoms with Crippen molar-refractivity contribution in [3.8, 4) is 0 Å². The van der Waals surface area contributed by atoms with Gasteiger partial charge in [0.05, 0.1) is 12.7 Å². The third-order valence-electron chi connectivity index (χ3n) is 3.72. The van der Waals surface area contributed by atoms with Crippen LogP contribution in [0.4, 0.5) is 0 Å². The molecule has 0 aliphatic carbocycles. The largest absolute Gasteiger partial charge is 0.313 e. The molecule has 1 heterocycles. The number of rotatable bonds is 8.